The van der Waals surface area contributed by atoms with Gasteiger partial charge in [0.15, 0.2) is 0 Å². The van der Waals surface area contributed by atoms with Crippen molar-refractivity contribution in [1.29, 1.82) is 0 Å². The van der Waals surface area contributed by atoms with Crippen molar-refractivity contribution in [3.63, 3.8) is 0 Å². The molecule has 0 aliphatic heterocycles. The van der Waals surface area contributed by atoms with Gasteiger partial charge >= 0.3 is 0 Å². The lowest BCUT2D eigenvalue weighted by atomic mass is 9.95. The molecule has 0 aliphatic carbocycles. The van der Waals surface area contributed by atoms with E-state index in [-0.39, 0.29) is 13.5 Å². The minimum Gasteiger partial charge on any atom is -0.197 e. The minimum absolute atomic E-state index is 0. The van der Waals surface area contributed by atoms with E-state index in [1.807, 2.05) is 12.1 Å². The van der Waals surface area contributed by atoms with Gasteiger partial charge in [-0.15, -0.1) is 0 Å². The van der Waals surface area contributed by atoms with Gasteiger partial charge in [-0.3, -0.25) is 0 Å². The van der Waals surface area contributed by atoms with Crippen LogP contribution in [0.4, 0.5) is 0 Å². The number of halogens is 1. The quantitative estimate of drug-likeness (QED) is 0.544. The second kappa shape index (κ2) is 6.78. The molecule has 100 valence electrons. The first kappa shape index (κ1) is 14.9. The minimum atomic E-state index is 0. The van der Waals surface area contributed by atoms with Crippen molar-refractivity contribution < 1.29 is 0 Å². The van der Waals surface area contributed by atoms with Crippen LogP contribution in [0.25, 0.3) is 22.3 Å². The van der Waals surface area contributed by atoms with E-state index in [0.717, 1.165) is 4.47 Å². The van der Waals surface area contributed by atoms with Crippen LogP contribution in [0.15, 0.2) is 83.3 Å². The van der Waals surface area contributed by atoms with Crippen LogP contribution in [0.2, 0.25) is 0 Å². The fourth-order valence-corrected chi connectivity index (χ4v) is 2.77. The average molecular weight is 343 g/mol. The second-order valence-corrected chi connectivity index (χ2v) is 5.25. The van der Waals surface area contributed by atoms with Crippen molar-refractivity contribution in [2.24, 2.45) is 0 Å². The maximum absolute atomic E-state index is 3.64. The first-order valence-electron chi connectivity index (χ1n) is 6.25. The Balaban J connectivity index is 0.00000147. The predicted molar refractivity (Wildman–Crippen MR) is 95.4 cm³/mol. The van der Waals surface area contributed by atoms with Gasteiger partial charge in [-0.25, -0.2) is 0 Å². The molecule has 0 N–H and O–H groups in total. The van der Waals surface area contributed by atoms with Crippen molar-refractivity contribution in [3.05, 3.63) is 83.3 Å². The van der Waals surface area contributed by atoms with Gasteiger partial charge in [0.25, 0.3) is 0 Å². The zero-order chi connectivity index (χ0) is 13.1. The van der Waals surface area contributed by atoms with Gasteiger partial charge in [-0.2, -0.15) is 13.5 Å². The Kier molecular flexibility index (Phi) is 5.05. The van der Waals surface area contributed by atoms with Crippen LogP contribution in [0.1, 0.15) is 0 Å². The van der Waals surface area contributed by atoms with Crippen molar-refractivity contribution >= 4 is 29.4 Å². The Hall–Kier alpha value is -1.51. The summed E-state index contributed by atoms with van der Waals surface area (Å²) in [4.78, 5) is 0. The summed E-state index contributed by atoms with van der Waals surface area (Å²) in [5, 5.41) is 0. The van der Waals surface area contributed by atoms with E-state index in [1.165, 1.54) is 22.3 Å². The molecule has 0 amide bonds. The highest BCUT2D eigenvalue weighted by Crippen LogP contribution is 2.35. The summed E-state index contributed by atoms with van der Waals surface area (Å²) in [7, 11) is 0. The second-order valence-electron chi connectivity index (χ2n) is 4.39. The molecule has 0 saturated carbocycles. The summed E-state index contributed by atoms with van der Waals surface area (Å²) in [6.07, 6.45) is 0. The Labute approximate surface area is 135 Å². The topological polar surface area (TPSA) is 0 Å². The molecule has 0 spiro atoms. The van der Waals surface area contributed by atoms with Gasteiger partial charge in [0.1, 0.15) is 0 Å². The normalized spacial score (nSPS) is 9.85. The smallest absolute Gasteiger partial charge is 0.0253 e. The first-order chi connectivity index (χ1) is 9.36. The molecule has 0 radical (unpaired) electrons. The van der Waals surface area contributed by atoms with Gasteiger partial charge in [-0.1, -0.05) is 88.7 Å². The summed E-state index contributed by atoms with van der Waals surface area (Å²) in [5.41, 5.74) is 4.98. The molecule has 0 unspecified atom stereocenters. The van der Waals surface area contributed by atoms with Gasteiger partial charge < -0.3 is 0 Å². The van der Waals surface area contributed by atoms with Crippen molar-refractivity contribution in [2.45, 2.75) is 0 Å². The molecule has 0 fully saturated rings. The van der Waals surface area contributed by atoms with E-state index in [2.05, 4.69) is 82.7 Å². The number of hydrogen-bond donors (Lipinski definition) is 0. The van der Waals surface area contributed by atoms with Crippen LogP contribution < -0.4 is 0 Å². The molecule has 0 bridgehead atoms. The van der Waals surface area contributed by atoms with E-state index in [4.69, 9.17) is 0 Å². The molecule has 2 heteroatoms. The molecule has 0 saturated heterocycles. The fraction of sp³-hybridized carbons (Fsp3) is 0. The van der Waals surface area contributed by atoms with E-state index in [0.29, 0.717) is 0 Å². The van der Waals surface area contributed by atoms with Gasteiger partial charge in [-0.05, 0) is 28.3 Å². The monoisotopic (exact) mass is 342 g/mol. The Morgan fingerprint density at radius 3 is 1.65 bits per heavy atom. The highest BCUT2D eigenvalue weighted by Gasteiger charge is 2.08. The molecule has 0 nitrogen and oxygen atoms in total. The van der Waals surface area contributed by atoms with E-state index >= 15 is 0 Å². The third-order valence-electron chi connectivity index (χ3n) is 3.18. The highest BCUT2D eigenvalue weighted by atomic mass is 79.9. The van der Waals surface area contributed by atoms with Crippen molar-refractivity contribution in [3.8, 4) is 22.3 Å². The standard InChI is InChI=1S/C18H13Br.H2S/c19-18-13-7-6-12-17(18)16-11-5-4-10-15(16)14-8-2-1-3-9-14;/h1-13H;1H2. The Morgan fingerprint density at radius 1 is 0.500 bits per heavy atom. The maximum atomic E-state index is 3.64. The Bertz CT molecular complexity index is 693. The molecular weight excluding hydrogens is 328 g/mol. The van der Waals surface area contributed by atoms with Crippen LogP contribution in [0.5, 0.6) is 0 Å². The number of rotatable bonds is 2. The predicted octanol–water partition coefficient (Wildman–Crippen LogP) is 5.90. The molecule has 0 aliphatic rings. The number of hydrogen-bond acceptors (Lipinski definition) is 0. The lowest BCUT2D eigenvalue weighted by Crippen LogP contribution is -1.85. The first-order valence-corrected chi connectivity index (χ1v) is 7.05. The molecule has 3 rings (SSSR count). The molecule has 3 aromatic rings. The van der Waals surface area contributed by atoms with Crippen LogP contribution in [-0.2, 0) is 0 Å². The van der Waals surface area contributed by atoms with Crippen LogP contribution >= 0.6 is 29.4 Å². The van der Waals surface area contributed by atoms with Gasteiger partial charge in [0, 0.05) is 4.47 Å². The average Bonchev–Trinajstić information content (AvgIpc) is 2.49. The lowest BCUT2D eigenvalue weighted by Gasteiger charge is -2.11. The molecule has 20 heavy (non-hydrogen) atoms. The summed E-state index contributed by atoms with van der Waals surface area (Å²) in [6, 6.07) is 27.3. The third kappa shape index (κ3) is 2.97. The molecule has 0 atom stereocenters. The zero-order valence-corrected chi connectivity index (χ0v) is 13.5. The summed E-state index contributed by atoms with van der Waals surface area (Å²) >= 11 is 3.64. The SMILES string of the molecule is Brc1ccccc1-c1ccccc1-c1ccccc1.S. The van der Waals surface area contributed by atoms with Crippen LogP contribution in [0, 0.1) is 0 Å². The van der Waals surface area contributed by atoms with Crippen molar-refractivity contribution in [1.82, 2.24) is 0 Å². The van der Waals surface area contributed by atoms with Crippen LogP contribution in [-0.4, -0.2) is 0 Å². The third-order valence-corrected chi connectivity index (χ3v) is 3.87. The summed E-state index contributed by atoms with van der Waals surface area (Å²) < 4.78 is 1.12. The molecule has 3 aromatic carbocycles. The van der Waals surface area contributed by atoms with Crippen LogP contribution in [0.3, 0.4) is 0 Å². The van der Waals surface area contributed by atoms with E-state index in [9.17, 15) is 0 Å². The number of benzene rings is 3. The van der Waals surface area contributed by atoms with E-state index < -0.39 is 0 Å². The molecule has 0 heterocycles. The summed E-state index contributed by atoms with van der Waals surface area (Å²) in [5.74, 6) is 0. The van der Waals surface area contributed by atoms with E-state index in [1.54, 1.807) is 0 Å². The molecular formula is C18H15BrS. The van der Waals surface area contributed by atoms with Gasteiger partial charge in [0.2, 0.25) is 0 Å². The molecule has 0 aromatic heterocycles. The largest absolute Gasteiger partial charge is 0.197 e. The van der Waals surface area contributed by atoms with Crippen molar-refractivity contribution in [2.75, 3.05) is 0 Å². The Morgan fingerprint density at radius 2 is 1.00 bits per heavy atom. The highest BCUT2D eigenvalue weighted by molar-refractivity contribution is 9.10. The zero-order valence-electron chi connectivity index (χ0n) is 10.9. The maximum Gasteiger partial charge on any atom is 0.0253 e. The lowest BCUT2D eigenvalue weighted by molar-refractivity contribution is 1.56. The van der Waals surface area contributed by atoms with Gasteiger partial charge in [0.05, 0.1) is 0 Å². The fourth-order valence-electron chi connectivity index (χ4n) is 2.27. The summed E-state index contributed by atoms with van der Waals surface area (Å²) in [6.45, 7) is 0.